The molecule has 0 aromatic heterocycles. The standard InChI is InChI=1S/C23H23F3O4/c1-3-4-18(13-22(27)28)17-5-9-20(10-6-17)29-14-16(2)15-30-21-11-7-19(8-12-21)23(24,25)26/h5-12,16,18H,13-15H2,1-2H3,(H,27,28)/p-1. The predicted octanol–water partition coefficient (Wildman–Crippen LogP) is 4.05. The molecule has 0 amide bonds. The lowest BCUT2D eigenvalue weighted by Crippen LogP contribution is -2.24. The third-order valence-electron chi connectivity index (χ3n) is 4.22. The summed E-state index contributed by atoms with van der Waals surface area (Å²) >= 11 is 0. The molecule has 0 bridgehead atoms. The molecule has 2 aromatic rings. The van der Waals surface area contributed by atoms with E-state index in [1.54, 1.807) is 31.2 Å². The number of alkyl halides is 3. The van der Waals surface area contributed by atoms with Crippen LogP contribution in [0.25, 0.3) is 0 Å². The summed E-state index contributed by atoms with van der Waals surface area (Å²) in [6.07, 6.45) is -4.55. The fourth-order valence-electron chi connectivity index (χ4n) is 2.65. The van der Waals surface area contributed by atoms with Crippen LogP contribution >= 0.6 is 0 Å². The second kappa shape index (κ2) is 10.6. The van der Waals surface area contributed by atoms with Gasteiger partial charge in [-0.15, -0.1) is 5.92 Å². The molecule has 0 aliphatic carbocycles. The number of hydrogen-bond acceptors (Lipinski definition) is 4. The zero-order chi connectivity index (χ0) is 22.1. The maximum absolute atomic E-state index is 12.6. The molecule has 2 atom stereocenters. The van der Waals surface area contributed by atoms with E-state index in [-0.39, 0.29) is 18.9 Å². The van der Waals surface area contributed by atoms with Gasteiger partial charge in [0.05, 0.1) is 24.7 Å². The molecule has 0 spiro atoms. The second-order valence-corrected chi connectivity index (χ2v) is 6.84. The Morgan fingerprint density at radius 2 is 1.50 bits per heavy atom. The summed E-state index contributed by atoms with van der Waals surface area (Å²) in [6, 6.07) is 11.5. The van der Waals surface area contributed by atoms with Crippen molar-refractivity contribution in [2.75, 3.05) is 13.2 Å². The lowest BCUT2D eigenvalue weighted by Gasteiger charge is -2.16. The number of carboxylic acids is 1. The average molecular weight is 419 g/mol. The Balaban J connectivity index is 1.83. The molecule has 0 radical (unpaired) electrons. The SMILES string of the molecule is CC#CC(CC(=O)[O-])c1ccc(OCC(C)COc2ccc(C(F)(F)F)cc2)cc1. The van der Waals surface area contributed by atoms with Crippen molar-refractivity contribution < 1.29 is 32.5 Å². The molecular formula is C23H22F3O4-. The highest BCUT2D eigenvalue weighted by Gasteiger charge is 2.30. The predicted molar refractivity (Wildman–Crippen MR) is 104 cm³/mol. The van der Waals surface area contributed by atoms with Crippen LogP contribution in [0.5, 0.6) is 11.5 Å². The summed E-state index contributed by atoms with van der Waals surface area (Å²) in [5, 5.41) is 10.9. The number of aliphatic carboxylic acids is 1. The minimum atomic E-state index is -4.37. The van der Waals surface area contributed by atoms with Crippen molar-refractivity contribution in [3.05, 3.63) is 59.7 Å². The van der Waals surface area contributed by atoms with Gasteiger partial charge in [-0.2, -0.15) is 13.2 Å². The quantitative estimate of drug-likeness (QED) is 0.576. The Morgan fingerprint density at radius 3 is 1.93 bits per heavy atom. The van der Waals surface area contributed by atoms with Gasteiger partial charge in [-0.25, -0.2) is 0 Å². The molecule has 4 nitrogen and oxygen atoms in total. The first-order chi connectivity index (χ1) is 14.2. The van der Waals surface area contributed by atoms with Gasteiger partial charge < -0.3 is 19.4 Å². The van der Waals surface area contributed by atoms with Gasteiger partial charge in [-0.05, 0) is 48.9 Å². The maximum atomic E-state index is 12.6. The monoisotopic (exact) mass is 419 g/mol. The van der Waals surface area contributed by atoms with E-state index in [1.807, 2.05) is 6.92 Å². The number of ether oxygens (including phenoxy) is 2. The summed E-state index contributed by atoms with van der Waals surface area (Å²) in [5.41, 5.74) is 0.0426. The van der Waals surface area contributed by atoms with E-state index < -0.39 is 23.6 Å². The molecular weight excluding hydrogens is 397 g/mol. The molecule has 30 heavy (non-hydrogen) atoms. The van der Waals surface area contributed by atoms with Crippen LogP contribution in [0.2, 0.25) is 0 Å². The normalized spacial score (nSPS) is 13.0. The van der Waals surface area contributed by atoms with Crippen LogP contribution in [-0.4, -0.2) is 19.2 Å². The van der Waals surface area contributed by atoms with Gasteiger partial charge in [0.2, 0.25) is 0 Å². The molecule has 2 aromatic carbocycles. The molecule has 0 N–H and O–H groups in total. The van der Waals surface area contributed by atoms with E-state index in [2.05, 4.69) is 11.8 Å². The Bertz CT molecular complexity index is 878. The van der Waals surface area contributed by atoms with Gasteiger partial charge in [0.15, 0.2) is 0 Å². The molecule has 0 saturated carbocycles. The van der Waals surface area contributed by atoms with E-state index in [1.165, 1.54) is 12.1 Å². The molecule has 0 aliphatic rings. The summed E-state index contributed by atoms with van der Waals surface area (Å²) in [6.45, 7) is 4.17. The lowest BCUT2D eigenvalue weighted by atomic mass is 9.96. The van der Waals surface area contributed by atoms with Crippen LogP contribution in [0.1, 0.15) is 37.3 Å². The van der Waals surface area contributed by atoms with Crippen molar-refractivity contribution >= 4 is 5.97 Å². The number of carboxylic acid groups (broad SMARTS) is 1. The van der Waals surface area contributed by atoms with Crippen molar-refractivity contribution in [2.24, 2.45) is 5.92 Å². The van der Waals surface area contributed by atoms with Gasteiger partial charge in [-0.1, -0.05) is 25.0 Å². The number of carbonyl (C=O) groups excluding carboxylic acids is 1. The van der Waals surface area contributed by atoms with Gasteiger partial charge in [-0.3, -0.25) is 0 Å². The Morgan fingerprint density at radius 1 is 1.00 bits per heavy atom. The minimum absolute atomic E-state index is 0.0104. The third-order valence-corrected chi connectivity index (χ3v) is 4.22. The molecule has 0 aliphatic heterocycles. The number of carbonyl (C=O) groups is 1. The van der Waals surface area contributed by atoms with Crippen LogP contribution in [0.15, 0.2) is 48.5 Å². The van der Waals surface area contributed by atoms with Crippen LogP contribution < -0.4 is 14.6 Å². The van der Waals surface area contributed by atoms with Crippen molar-refractivity contribution in [3.63, 3.8) is 0 Å². The molecule has 160 valence electrons. The largest absolute Gasteiger partial charge is 0.550 e. The highest BCUT2D eigenvalue weighted by Crippen LogP contribution is 2.30. The highest BCUT2D eigenvalue weighted by atomic mass is 19.4. The highest BCUT2D eigenvalue weighted by molar-refractivity contribution is 5.66. The maximum Gasteiger partial charge on any atom is 0.416 e. The summed E-state index contributed by atoms with van der Waals surface area (Å²) < 4.78 is 48.9. The van der Waals surface area contributed by atoms with Crippen LogP contribution in [0, 0.1) is 17.8 Å². The summed E-state index contributed by atoms with van der Waals surface area (Å²) in [7, 11) is 0. The number of rotatable bonds is 9. The van der Waals surface area contributed by atoms with Crippen molar-refractivity contribution in [2.45, 2.75) is 32.4 Å². The van der Waals surface area contributed by atoms with Gasteiger partial charge >= 0.3 is 6.18 Å². The molecule has 2 rings (SSSR count). The zero-order valence-electron chi connectivity index (χ0n) is 16.7. The zero-order valence-corrected chi connectivity index (χ0v) is 16.7. The summed E-state index contributed by atoms with van der Waals surface area (Å²) in [5.74, 6) is 4.93. The Labute approximate surface area is 173 Å². The first kappa shape index (κ1) is 23.1. The van der Waals surface area contributed by atoms with Crippen molar-refractivity contribution in [1.29, 1.82) is 0 Å². The number of halogens is 3. The number of hydrogen-bond donors (Lipinski definition) is 0. The first-order valence-electron chi connectivity index (χ1n) is 9.34. The van der Waals surface area contributed by atoms with E-state index in [9.17, 15) is 23.1 Å². The minimum Gasteiger partial charge on any atom is -0.550 e. The molecule has 0 fully saturated rings. The van der Waals surface area contributed by atoms with Gasteiger partial charge in [0, 0.05) is 18.3 Å². The molecule has 0 heterocycles. The lowest BCUT2D eigenvalue weighted by molar-refractivity contribution is -0.305. The topological polar surface area (TPSA) is 58.6 Å². The molecule has 0 saturated heterocycles. The third kappa shape index (κ3) is 7.36. The van der Waals surface area contributed by atoms with E-state index in [0.29, 0.717) is 18.1 Å². The first-order valence-corrected chi connectivity index (χ1v) is 9.34. The van der Waals surface area contributed by atoms with Gasteiger partial charge in [0.25, 0.3) is 0 Å². The van der Waals surface area contributed by atoms with Crippen LogP contribution in [0.3, 0.4) is 0 Å². The van der Waals surface area contributed by atoms with Gasteiger partial charge in [0.1, 0.15) is 11.5 Å². The van der Waals surface area contributed by atoms with Crippen LogP contribution in [-0.2, 0) is 11.0 Å². The van der Waals surface area contributed by atoms with E-state index >= 15 is 0 Å². The van der Waals surface area contributed by atoms with Crippen molar-refractivity contribution in [3.8, 4) is 23.3 Å². The molecule has 2 unspecified atom stereocenters. The fraction of sp³-hybridized carbons (Fsp3) is 0.348. The second-order valence-electron chi connectivity index (χ2n) is 6.84. The van der Waals surface area contributed by atoms with Crippen LogP contribution in [0.4, 0.5) is 13.2 Å². The fourth-order valence-corrected chi connectivity index (χ4v) is 2.65. The van der Waals surface area contributed by atoms with Crippen molar-refractivity contribution in [1.82, 2.24) is 0 Å². The summed E-state index contributed by atoms with van der Waals surface area (Å²) in [4.78, 5) is 10.9. The Hall–Kier alpha value is -3.14. The number of benzene rings is 2. The molecule has 7 heteroatoms. The van der Waals surface area contributed by atoms with E-state index in [4.69, 9.17) is 9.47 Å². The smallest absolute Gasteiger partial charge is 0.416 e. The average Bonchev–Trinajstić information content (AvgIpc) is 2.70. The Kier molecular flexibility index (Phi) is 8.16. The van der Waals surface area contributed by atoms with E-state index in [0.717, 1.165) is 17.7 Å².